The maximum absolute atomic E-state index is 14.0. The molecule has 0 aromatic heterocycles. The number of benzene rings is 2. The molecule has 2 aromatic rings. The summed E-state index contributed by atoms with van der Waals surface area (Å²) < 4.78 is 32.8. The summed E-state index contributed by atoms with van der Waals surface area (Å²) >= 11 is 0. The smallest absolute Gasteiger partial charge is 0.482 e. The lowest BCUT2D eigenvalue weighted by Crippen LogP contribution is -2.66. The van der Waals surface area contributed by atoms with Crippen LogP contribution in [0.15, 0.2) is 48.5 Å². The Morgan fingerprint density at radius 1 is 1.22 bits per heavy atom. The number of ether oxygens (including phenoxy) is 1. The van der Waals surface area contributed by atoms with Gasteiger partial charge in [0.15, 0.2) is 11.6 Å². The summed E-state index contributed by atoms with van der Waals surface area (Å²) in [5.41, 5.74) is 1.97. The summed E-state index contributed by atoms with van der Waals surface area (Å²) in [5, 5.41) is 3.15. The van der Waals surface area contributed by atoms with Crippen LogP contribution in [-0.4, -0.2) is 37.3 Å². The van der Waals surface area contributed by atoms with E-state index in [-0.39, 0.29) is 42.3 Å². The van der Waals surface area contributed by atoms with Crippen molar-refractivity contribution in [2.24, 2.45) is 17.3 Å². The highest BCUT2D eigenvalue weighted by Gasteiger charge is 2.69. The van der Waals surface area contributed by atoms with Gasteiger partial charge in [-0.15, -0.1) is 0 Å². The Labute approximate surface area is 214 Å². The number of carbonyl (C=O) groups excluding carboxylic acids is 1. The fraction of sp³-hybridized carbons (Fsp3) is 0.552. The molecule has 1 heterocycles. The fourth-order valence-corrected chi connectivity index (χ4v) is 6.76. The van der Waals surface area contributed by atoms with Crippen molar-refractivity contribution >= 4 is 13.0 Å². The van der Waals surface area contributed by atoms with E-state index in [1.54, 1.807) is 12.1 Å². The fourth-order valence-electron chi connectivity index (χ4n) is 6.76. The van der Waals surface area contributed by atoms with E-state index in [9.17, 15) is 9.18 Å². The van der Waals surface area contributed by atoms with Crippen LogP contribution in [0, 0.1) is 30.0 Å². The van der Waals surface area contributed by atoms with Crippen molar-refractivity contribution in [2.75, 3.05) is 6.61 Å². The lowest BCUT2D eigenvalue weighted by atomic mass is 9.42. The zero-order valence-electron chi connectivity index (χ0n) is 21.8. The molecule has 0 radical (unpaired) electrons. The normalized spacial score (nSPS) is 31.4. The Bertz CT molecular complexity index is 1100. The standard InChI is InChI=1S/C29H37BFNO4/c1-5-28(3)21-17-24(28)29(4)25(18-21)35-30(36-29)26(16-20-9-7-6-8-10-20)32-27(33)13-14-34-23-15-19(2)11-12-22(23)31/h6-12,15,21,24-26H,5,13-14,16-18H2,1-4H3,(H,32,33)/t21-,24-,25+,26-,28?,29-/m0/s1. The molecule has 7 heteroatoms. The van der Waals surface area contributed by atoms with Crippen LogP contribution in [0.4, 0.5) is 4.39 Å². The molecule has 1 aliphatic heterocycles. The van der Waals surface area contributed by atoms with Gasteiger partial charge >= 0.3 is 7.12 Å². The Morgan fingerprint density at radius 3 is 2.75 bits per heavy atom. The van der Waals surface area contributed by atoms with Crippen LogP contribution in [0.5, 0.6) is 5.75 Å². The summed E-state index contributed by atoms with van der Waals surface area (Å²) in [7, 11) is -0.514. The highest BCUT2D eigenvalue weighted by Crippen LogP contribution is 2.67. The molecule has 1 unspecified atom stereocenters. The average molecular weight is 493 g/mol. The van der Waals surface area contributed by atoms with E-state index in [1.165, 1.54) is 12.5 Å². The molecule has 4 aliphatic rings. The largest absolute Gasteiger partial charge is 0.490 e. The van der Waals surface area contributed by atoms with Crippen LogP contribution < -0.4 is 10.1 Å². The number of carbonyl (C=O) groups is 1. The van der Waals surface area contributed by atoms with Gasteiger partial charge in [-0.3, -0.25) is 4.79 Å². The molecular formula is C29H37BFNO4. The first-order valence-corrected chi connectivity index (χ1v) is 13.3. The molecule has 6 atom stereocenters. The highest BCUT2D eigenvalue weighted by molar-refractivity contribution is 6.48. The lowest BCUT2D eigenvalue weighted by molar-refractivity contribution is -0.208. The van der Waals surface area contributed by atoms with Crippen LogP contribution in [0.3, 0.4) is 0 Å². The number of aryl methyl sites for hydroxylation is 1. The molecule has 1 saturated heterocycles. The molecule has 6 rings (SSSR count). The number of halogens is 1. The molecule has 2 aromatic carbocycles. The number of nitrogens with one attached hydrogen (secondary N) is 1. The Balaban J connectivity index is 1.26. The second-order valence-electron chi connectivity index (χ2n) is 11.3. The van der Waals surface area contributed by atoms with Gasteiger partial charge in [-0.1, -0.05) is 56.7 Å². The van der Waals surface area contributed by atoms with Crippen molar-refractivity contribution in [1.29, 1.82) is 0 Å². The third-order valence-electron chi connectivity index (χ3n) is 9.16. The van der Waals surface area contributed by atoms with Gasteiger partial charge in [0.25, 0.3) is 0 Å². The van der Waals surface area contributed by atoms with Crippen LogP contribution in [0.1, 0.15) is 57.6 Å². The van der Waals surface area contributed by atoms with E-state index in [0.717, 1.165) is 24.0 Å². The number of hydrogen-bond donors (Lipinski definition) is 1. The SMILES string of the molecule is CCC1(C)[C@@H]2C[C@H]3OB([C@H](Cc4ccccc4)NC(=O)CCOc4cc(C)ccc4F)O[C@@]3(C)[C@H]1C2. The summed E-state index contributed by atoms with van der Waals surface area (Å²) in [5.74, 6) is 0.385. The molecule has 3 aliphatic carbocycles. The molecule has 2 bridgehead atoms. The minimum atomic E-state index is -0.514. The van der Waals surface area contributed by atoms with Crippen LogP contribution in [0.2, 0.25) is 0 Å². The maximum atomic E-state index is 14.0. The van der Waals surface area contributed by atoms with E-state index in [4.69, 9.17) is 14.0 Å². The van der Waals surface area contributed by atoms with E-state index < -0.39 is 12.9 Å². The second-order valence-corrected chi connectivity index (χ2v) is 11.3. The van der Waals surface area contributed by atoms with Crippen molar-refractivity contribution in [3.63, 3.8) is 0 Å². The molecule has 5 nitrogen and oxygen atoms in total. The van der Waals surface area contributed by atoms with Gasteiger partial charge in [0.1, 0.15) is 0 Å². The third kappa shape index (κ3) is 4.56. The van der Waals surface area contributed by atoms with Gasteiger partial charge in [-0.25, -0.2) is 4.39 Å². The van der Waals surface area contributed by atoms with Crippen molar-refractivity contribution in [2.45, 2.75) is 77.4 Å². The predicted octanol–water partition coefficient (Wildman–Crippen LogP) is 5.29. The number of rotatable bonds is 9. The predicted molar refractivity (Wildman–Crippen MR) is 138 cm³/mol. The van der Waals surface area contributed by atoms with Gasteiger partial charge in [0, 0.05) is 0 Å². The number of hydrogen-bond acceptors (Lipinski definition) is 4. The van der Waals surface area contributed by atoms with E-state index >= 15 is 0 Å². The molecule has 1 N–H and O–H groups in total. The molecule has 36 heavy (non-hydrogen) atoms. The van der Waals surface area contributed by atoms with Gasteiger partial charge in [-0.05, 0) is 73.6 Å². The molecule has 3 saturated carbocycles. The van der Waals surface area contributed by atoms with Crippen molar-refractivity contribution in [3.8, 4) is 5.75 Å². The van der Waals surface area contributed by atoms with E-state index in [2.05, 4.69) is 38.2 Å². The minimum absolute atomic E-state index is 0.0497. The third-order valence-corrected chi connectivity index (χ3v) is 9.16. The zero-order valence-corrected chi connectivity index (χ0v) is 21.8. The highest BCUT2D eigenvalue weighted by atomic mass is 19.1. The molecule has 1 amide bonds. The van der Waals surface area contributed by atoms with Crippen molar-refractivity contribution < 1.29 is 23.2 Å². The van der Waals surface area contributed by atoms with E-state index in [1.807, 2.05) is 25.1 Å². The summed E-state index contributed by atoms with van der Waals surface area (Å²) in [6.45, 7) is 8.84. The maximum Gasteiger partial charge on any atom is 0.482 e. The molecule has 4 fully saturated rings. The van der Waals surface area contributed by atoms with Gasteiger partial charge in [0.05, 0.1) is 30.7 Å². The topological polar surface area (TPSA) is 56.8 Å². The summed E-state index contributed by atoms with van der Waals surface area (Å²) in [6.07, 6.45) is 4.11. The van der Waals surface area contributed by atoms with Gasteiger partial charge in [0.2, 0.25) is 5.91 Å². The molecule has 192 valence electrons. The Kier molecular flexibility index (Phi) is 6.90. The molecule has 0 spiro atoms. The van der Waals surface area contributed by atoms with Crippen LogP contribution >= 0.6 is 0 Å². The second kappa shape index (κ2) is 9.83. The monoisotopic (exact) mass is 493 g/mol. The van der Waals surface area contributed by atoms with E-state index in [0.29, 0.717) is 23.7 Å². The van der Waals surface area contributed by atoms with Crippen LogP contribution in [-0.2, 0) is 20.5 Å². The minimum Gasteiger partial charge on any atom is -0.490 e. The number of amides is 1. The summed E-state index contributed by atoms with van der Waals surface area (Å²) in [4.78, 5) is 13.0. The first-order valence-electron chi connectivity index (χ1n) is 13.3. The zero-order chi connectivity index (χ0) is 25.5. The quantitative estimate of drug-likeness (QED) is 0.483. The first-order chi connectivity index (χ1) is 17.2. The van der Waals surface area contributed by atoms with Crippen molar-refractivity contribution in [1.82, 2.24) is 5.32 Å². The van der Waals surface area contributed by atoms with Crippen molar-refractivity contribution in [3.05, 3.63) is 65.5 Å². The average Bonchev–Trinajstić information content (AvgIpc) is 3.23. The molecular weight excluding hydrogens is 456 g/mol. The van der Waals surface area contributed by atoms with Gasteiger partial charge in [-0.2, -0.15) is 0 Å². The summed E-state index contributed by atoms with van der Waals surface area (Å²) in [6, 6.07) is 14.8. The lowest BCUT2D eigenvalue weighted by Gasteiger charge is -2.65. The van der Waals surface area contributed by atoms with Crippen LogP contribution in [0.25, 0.3) is 0 Å². The van der Waals surface area contributed by atoms with Gasteiger partial charge < -0.3 is 19.4 Å². The first kappa shape index (κ1) is 25.3. The Hall–Kier alpha value is -2.38. The Morgan fingerprint density at radius 2 is 2.00 bits per heavy atom.